The number of rotatable bonds is 18. The maximum atomic E-state index is 13.1. The largest absolute Gasteiger partial charge is 0.480 e. The summed E-state index contributed by atoms with van der Waals surface area (Å²) in [6, 6.07) is -4.34. The van der Waals surface area contributed by atoms with Crippen LogP contribution >= 0.6 is 23.5 Å². The maximum Gasteiger partial charge on any atom is 0.326 e. The smallest absolute Gasteiger partial charge is 0.326 e. The average Bonchev–Trinajstić information content (AvgIpc) is 3.34. The van der Waals surface area contributed by atoms with Gasteiger partial charge in [-0.3, -0.25) is 19.2 Å². The molecule has 4 amide bonds. The van der Waals surface area contributed by atoms with Crippen molar-refractivity contribution >= 4 is 53.1 Å². The van der Waals surface area contributed by atoms with E-state index in [9.17, 15) is 29.1 Å². The van der Waals surface area contributed by atoms with E-state index < -0.39 is 53.8 Å². The standard InChI is InChI=1S/C21H35N7O6S2/c1-35-7-5-15(20(32)28-16(21(33)34)6-8-36-2)27-19(31)14(3-4-17(23)29)26-18(30)13(22)9-12-10-24-11-25-12/h10-11,13-16H,3-9,22H2,1-2H3,(H2,23,29)(H,24,25)(H,26,30)(H,27,31)(H,28,32)(H,33,34). The molecule has 0 aliphatic heterocycles. The number of carboxylic acids is 1. The van der Waals surface area contributed by atoms with Crippen molar-refractivity contribution in [1.29, 1.82) is 0 Å². The molecule has 202 valence electrons. The molecule has 1 aromatic heterocycles. The van der Waals surface area contributed by atoms with Gasteiger partial charge in [-0.1, -0.05) is 0 Å². The van der Waals surface area contributed by atoms with E-state index >= 15 is 0 Å². The van der Waals surface area contributed by atoms with Crippen LogP contribution in [0.2, 0.25) is 0 Å². The number of aromatic nitrogens is 2. The van der Waals surface area contributed by atoms with Gasteiger partial charge in [-0.2, -0.15) is 23.5 Å². The van der Waals surface area contributed by atoms with Crippen molar-refractivity contribution in [2.45, 2.75) is 56.3 Å². The fourth-order valence-corrected chi connectivity index (χ4v) is 4.05. The second kappa shape index (κ2) is 16.8. The number of carbonyl (C=O) groups excluding carboxylic acids is 4. The number of imidazole rings is 1. The van der Waals surface area contributed by atoms with E-state index in [4.69, 9.17) is 11.5 Å². The summed E-state index contributed by atoms with van der Waals surface area (Å²) in [5.74, 6) is -2.81. The number of carbonyl (C=O) groups is 5. The highest BCUT2D eigenvalue weighted by Gasteiger charge is 2.30. The minimum Gasteiger partial charge on any atom is -0.480 e. The first kappa shape index (κ1) is 31.3. The summed E-state index contributed by atoms with van der Waals surface area (Å²) in [4.78, 5) is 68.1. The lowest BCUT2D eigenvalue weighted by atomic mass is 10.1. The Labute approximate surface area is 218 Å². The SMILES string of the molecule is CSCCC(NC(=O)C(CCSC)NC(=O)C(CCC(N)=O)NC(=O)C(N)Cc1cnc[nH]1)C(=O)O. The highest BCUT2D eigenvalue weighted by molar-refractivity contribution is 7.98. The molecule has 15 heteroatoms. The molecule has 0 fully saturated rings. The minimum absolute atomic E-state index is 0.105. The van der Waals surface area contributed by atoms with Crippen molar-refractivity contribution in [2.24, 2.45) is 11.5 Å². The highest BCUT2D eigenvalue weighted by atomic mass is 32.2. The summed E-state index contributed by atoms with van der Waals surface area (Å²) in [6.07, 6.45) is 6.90. The summed E-state index contributed by atoms with van der Waals surface area (Å²) in [5.41, 5.74) is 11.8. The lowest BCUT2D eigenvalue weighted by molar-refractivity contribution is -0.142. The van der Waals surface area contributed by atoms with Crippen molar-refractivity contribution in [1.82, 2.24) is 25.9 Å². The number of aromatic amines is 1. The van der Waals surface area contributed by atoms with Gasteiger partial charge >= 0.3 is 5.97 Å². The predicted octanol–water partition coefficient (Wildman–Crippen LogP) is -1.41. The van der Waals surface area contributed by atoms with Crippen molar-refractivity contribution < 1.29 is 29.1 Å². The van der Waals surface area contributed by atoms with Gasteiger partial charge in [0.05, 0.1) is 12.4 Å². The third kappa shape index (κ3) is 11.8. The van der Waals surface area contributed by atoms with Crippen molar-refractivity contribution in [3.63, 3.8) is 0 Å². The third-order valence-corrected chi connectivity index (χ3v) is 6.40. The predicted molar refractivity (Wildman–Crippen MR) is 138 cm³/mol. The van der Waals surface area contributed by atoms with Gasteiger partial charge in [0.1, 0.15) is 18.1 Å². The van der Waals surface area contributed by atoms with E-state index in [1.165, 1.54) is 36.0 Å². The fourth-order valence-electron chi connectivity index (χ4n) is 3.10. The van der Waals surface area contributed by atoms with Crippen LogP contribution in [0.15, 0.2) is 12.5 Å². The number of nitrogens with zero attached hydrogens (tertiary/aromatic N) is 1. The quantitative estimate of drug-likeness (QED) is 0.114. The molecule has 13 nitrogen and oxygen atoms in total. The van der Waals surface area contributed by atoms with Crippen LogP contribution in [-0.4, -0.2) is 92.9 Å². The second-order valence-electron chi connectivity index (χ2n) is 7.98. The molecular weight excluding hydrogens is 510 g/mol. The van der Waals surface area contributed by atoms with Crippen molar-refractivity contribution in [3.05, 3.63) is 18.2 Å². The fraction of sp³-hybridized carbons (Fsp3) is 0.619. The zero-order chi connectivity index (χ0) is 27.1. The molecule has 4 unspecified atom stereocenters. The van der Waals surface area contributed by atoms with Gasteiger partial charge in [0.2, 0.25) is 23.6 Å². The molecule has 0 spiro atoms. The Bertz CT molecular complexity index is 871. The van der Waals surface area contributed by atoms with Crippen LogP contribution in [0.25, 0.3) is 0 Å². The molecular formula is C21H35N7O6S2. The van der Waals surface area contributed by atoms with E-state index in [1.54, 1.807) is 0 Å². The Morgan fingerprint density at radius 1 is 0.944 bits per heavy atom. The monoisotopic (exact) mass is 545 g/mol. The summed E-state index contributed by atoms with van der Waals surface area (Å²) < 4.78 is 0. The Kier molecular flexibility index (Phi) is 14.6. The van der Waals surface area contributed by atoms with Gasteiger partial charge in [0.15, 0.2) is 0 Å². The van der Waals surface area contributed by atoms with Crippen LogP contribution < -0.4 is 27.4 Å². The van der Waals surface area contributed by atoms with E-state index in [-0.39, 0.29) is 32.1 Å². The summed E-state index contributed by atoms with van der Waals surface area (Å²) in [7, 11) is 0. The first-order chi connectivity index (χ1) is 17.1. The second-order valence-corrected chi connectivity index (χ2v) is 9.95. The summed E-state index contributed by atoms with van der Waals surface area (Å²) in [6.45, 7) is 0. The summed E-state index contributed by atoms with van der Waals surface area (Å²) >= 11 is 2.89. The molecule has 1 heterocycles. The number of carboxylic acid groups (broad SMARTS) is 1. The lowest BCUT2D eigenvalue weighted by Crippen LogP contribution is -2.57. The van der Waals surface area contributed by atoms with Gasteiger partial charge in [-0.25, -0.2) is 9.78 Å². The molecule has 9 N–H and O–H groups in total. The zero-order valence-electron chi connectivity index (χ0n) is 20.3. The normalized spacial score (nSPS) is 14.2. The minimum atomic E-state index is -1.19. The number of aliphatic carboxylic acids is 1. The van der Waals surface area contributed by atoms with Crippen LogP contribution in [0.4, 0.5) is 0 Å². The van der Waals surface area contributed by atoms with Gasteiger partial charge in [0.25, 0.3) is 0 Å². The average molecular weight is 546 g/mol. The summed E-state index contributed by atoms with van der Waals surface area (Å²) in [5, 5.41) is 17.0. The number of hydrogen-bond acceptors (Lipinski definition) is 9. The van der Waals surface area contributed by atoms with Crippen molar-refractivity contribution in [2.75, 3.05) is 24.0 Å². The Morgan fingerprint density at radius 3 is 1.97 bits per heavy atom. The van der Waals surface area contributed by atoms with Gasteiger partial charge in [-0.15, -0.1) is 0 Å². The van der Waals surface area contributed by atoms with Crippen LogP contribution in [0.3, 0.4) is 0 Å². The molecule has 0 radical (unpaired) electrons. The molecule has 36 heavy (non-hydrogen) atoms. The number of H-pyrrole nitrogens is 1. The molecule has 0 aliphatic rings. The first-order valence-electron chi connectivity index (χ1n) is 11.2. The van der Waals surface area contributed by atoms with Crippen molar-refractivity contribution in [3.8, 4) is 0 Å². The van der Waals surface area contributed by atoms with E-state index in [1.807, 2.05) is 12.5 Å². The number of amides is 4. The van der Waals surface area contributed by atoms with Crippen LogP contribution in [0.5, 0.6) is 0 Å². The molecule has 0 aromatic carbocycles. The van der Waals surface area contributed by atoms with Gasteiger partial charge in [-0.05, 0) is 43.3 Å². The molecule has 0 bridgehead atoms. The first-order valence-corrected chi connectivity index (χ1v) is 14.0. The maximum absolute atomic E-state index is 13.1. The Balaban J connectivity index is 2.93. The molecule has 0 aliphatic carbocycles. The van der Waals surface area contributed by atoms with E-state index in [0.717, 1.165) is 0 Å². The molecule has 1 aromatic rings. The topological polar surface area (TPSA) is 222 Å². The van der Waals surface area contributed by atoms with Crippen LogP contribution in [0, 0.1) is 0 Å². The number of nitrogens with one attached hydrogen (secondary N) is 4. The van der Waals surface area contributed by atoms with E-state index in [0.29, 0.717) is 17.2 Å². The van der Waals surface area contributed by atoms with Gasteiger partial charge in [0, 0.05) is 24.7 Å². The molecule has 0 saturated carbocycles. The Hall–Kier alpha value is -2.78. The number of nitrogens with two attached hydrogens (primary N) is 2. The Morgan fingerprint density at radius 2 is 1.47 bits per heavy atom. The lowest BCUT2D eigenvalue weighted by Gasteiger charge is -2.25. The number of thioether (sulfide) groups is 2. The van der Waals surface area contributed by atoms with Crippen LogP contribution in [-0.2, 0) is 30.4 Å². The van der Waals surface area contributed by atoms with E-state index in [2.05, 4.69) is 25.9 Å². The van der Waals surface area contributed by atoms with Crippen LogP contribution in [0.1, 0.15) is 31.4 Å². The highest BCUT2D eigenvalue weighted by Crippen LogP contribution is 2.07. The number of primary amides is 1. The molecule has 1 rings (SSSR count). The van der Waals surface area contributed by atoms with Gasteiger partial charge < -0.3 is 37.5 Å². The third-order valence-electron chi connectivity index (χ3n) is 5.11. The zero-order valence-corrected chi connectivity index (χ0v) is 22.0. The number of hydrogen-bond donors (Lipinski definition) is 7. The molecule has 0 saturated heterocycles. The molecule has 4 atom stereocenters.